The van der Waals surface area contributed by atoms with Crippen molar-refractivity contribution in [2.75, 3.05) is 37.5 Å². The number of carbonyl (C=O) groups is 1. The third-order valence-corrected chi connectivity index (χ3v) is 6.93. The quantitative estimate of drug-likeness (QED) is 0.494. The van der Waals surface area contributed by atoms with Gasteiger partial charge in [-0.05, 0) is 49.9 Å². The van der Waals surface area contributed by atoms with Gasteiger partial charge >= 0.3 is 6.18 Å². The average molecular weight is 495 g/mol. The highest BCUT2D eigenvalue weighted by molar-refractivity contribution is 7.20. The minimum atomic E-state index is -4.52. The van der Waals surface area contributed by atoms with Gasteiger partial charge in [0, 0.05) is 20.2 Å². The van der Waals surface area contributed by atoms with E-state index < -0.39 is 17.6 Å². The number of halogens is 3. The highest BCUT2D eigenvalue weighted by atomic mass is 32.1. The number of hydrogen-bond acceptors (Lipinski definition) is 7. The Morgan fingerprint density at radius 2 is 1.91 bits per heavy atom. The van der Waals surface area contributed by atoms with E-state index >= 15 is 0 Å². The number of methoxy groups -OCH3 is 2. The van der Waals surface area contributed by atoms with Crippen molar-refractivity contribution in [3.63, 3.8) is 0 Å². The van der Waals surface area contributed by atoms with E-state index in [2.05, 4.69) is 15.3 Å². The molecule has 1 aromatic carbocycles. The predicted molar refractivity (Wildman–Crippen MR) is 125 cm³/mol. The zero-order valence-electron chi connectivity index (χ0n) is 19.1. The first-order valence-electron chi connectivity index (χ1n) is 10.8. The first-order chi connectivity index (χ1) is 16.2. The molecule has 1 amide bonds. The molecule has 0 atom stereocenters. The number of anilines is 2. The summed E-state index contributed by atoms with van der Waals surface area (Å²) in [5, 5.41) is 3.33. The highest BCUT2D eigenvalue weighted by Gasteiger charge is 2.32. The van der Waals surface area contributed by atoms with Crippen LogP contribution in [-0.2, 0) is 17.5 Å². The van der Waals surface area contributed by atoms with E-state index in [0.717, 1.165) is 55.8 Å². The van der Waals surface area contributed by atoms with E-state index in [-0.39, 0.29) is 12.3 Å². The van der Waals surface area contributed by atoms with Gasteiger partial charge in [-0.1, -0.05) is 0 Å². The van der Waals surface area contributed by atoms with E-state index in [9.17, 15) is 18.0 Å². The van der Waals surface area contributed by atoms with Crippen LogP contribution in [0.5, 0.6) is 5.88 Å². The van der Waals surface area contributed by atoms with Crippen LogP contribution in [-0.4, -0.2) is 43.2 Å². The summed E-state index contributed by atoms with van der Waals surface area (Å²) in [6.45, 7) is 3.37. The summed E-state index contributed by atoms with van der Waals surface area (Å²) in [7, 11) is 3.00. The monoisotopic (exact) mass is 494 g/mol. The van der Waals surface area contributed by atoms with Crippen LogP contribution in [0.15, 0.2) is 18.2 Å². The number of carbonyl (C=O) groups excluding carboxylic acids is 1. The van der Waals surface area contributed by atoms with Gasteiger partial charge < -0.3 is 19.7 Å². The number of ether oxygens (including phenoxy) is 2. The average Bonchev–Trinajstić information content (AvgIpc) is 3.15. The molecule has 11 heteroatoms. The number of aryl methyl sites for hydroxylation is 1. The normalized spacial score (nSPS) is 14.5. The van der Waals surface area contributed by atoms with Gasteiger partial charge in [-0.2, -0.15) is 18.2 Å². The van der Waals surface area contributed by atoms with Crippen molar-refractivity contribution < 1.29 is 27.4 Å². The Bertz CT molecular complexity index is 1210. The summed E-state index contributed by atoms with van der Waals surface area (Å²) in [4.78, 5) is 25.0. The minimum absolute atomic E-state index is 0.136. The highest BCUT2D eigenvalue weighted by Crippen LogP contribution is 2.38. The van der Waals surface area contributed by atoms with Crippen LogP contribution in [0.2, 0.25) is 0 Å². The van der Waals surface area contributed by atoms with Crippen LogP contribution in [0.1, 0.15) is 45.9 Å². The molecule has 182 valence electrons. The molecular formula is C23H25F3N4O3S. The van der Waals surface area contributed by atoms with Gasteiger partial charge in [0.15, 0.2) is 5.82 Å². The Morgan fingerprint density at radius 3 is 2.56 bits per heavy atom. The second kappa shape index (κ2) is 9.75. The Kier molecular flexibility index (Phi) is 6.94. The van der Waals surface area contributed by atoms with Gasteiger partial charge in [-0.3, -0.25) is 4.79 Å². The Labute approximate surface area is 198 Å². The number of nitrogens with zero attached hydrogens (tertiary/aromatic N) is 3. The SMILES string of the molecule is COCc1nc(OC)c2c(C)c(C(=O)Nc3cc(C(F)(F)F)ccc3N3CCCCC3)sc2n1. The van der Waals surface area contributed by atoms with Gasteiger partial charge in [-0.15, -0.1) is 11.3 Å². The molecule has 0 aliphatic carbocycles. The molecule has 0 unspecified atom stereocenters. The minimum Gasteiger partial charge on any atom is -0.480 e. The predicted octanol–water partition coefficient (Wildman–Crippen LogP) is 5.42. The summed E-state index contributed by atoms with van der Waals surface area (Å²) >= 11 is 1.14. The zero-order chi connectivity index (χ0) is 24.5. The van der Waals surface area contributed by atoms with Crippen molar-refractivity contribution in [1.29, 1.82) is 0 Å². The molecule has 1 aliphatic rings. The van der Waals surface area contributed by atoms with Crippen LogP contribution >= 0.6 is 11.3 Å². The number of fused-ring (bicyclic) bond motifs is 1. The molecule has 0 spiro atoms. The fourth-order valence-electron chi connectivity index (χ4n) is 4.10. The fraction of sp³-hybridized carbons (Fsp3) is 0.435. The van der Waals surface area contributed by atoms with Crippen molar-refractivity contribution in [3.8, 4) is 5.88 Å². The van der Waals surface area contributed by atoms with Crippen molar-refractivity contribution in [2.24, 2.45) is 0 Å². The molecule has 3 heterocycles. The molecule has 4 rings (SSSR count). The van der Waals surface area contributed by atoms with E-state index in [1.54, 1.807) is 6.92 Å². The van der Waals surface area contributed by atoms with Gasteiger partial charge in [0.05, 0.1) is 34.3 Å². The molecule has 1 N–H and O–H groups in total. The molecule has 1 fully saturated rings. The lowest BCUT2D eigenvalue weighted by Crippen LogP contribution is -2.30. The Morgan fingerprint density at radius 1 is 1.18 bits per heavy atom. The molecule has 3 aromatic rings. The number of amides is 1. The number of hydrogen-bond donors (Lipinski definition) is 1. The van der Waals surface area contributed by atoms with Crippen molar-refractivity contribution in [3.05, 3.63) is 40.0 Å². The Balaban J connectivity index is 1.73. The summed E-state index contributed by atoms with van der Waals surface area (Å²) in [6.07, 6.45) is -1.54. The van der Waals surface area contributed by atoms with Gasteiger partial charge in [-0.25, -0.2) is 4.98 Å². The Hall–Kier alpha value is -2.92. The molecule has 7 nitrogen and oxygen atoms in total. The maximum Gasteiger partial charge on any atom is 0.416 e. The number of thiophene rings is 1. The number of benzene rings is 1. The molecule has 1 aliphatic heterocycles. The summed E-state index contributed by atoms with van der Waals surface area (Å²) in [5.41, 5.74) is 0.509. The van der Waals surface area contributed by atoms with Gasteiger partial charge in [0.25, 0.3) is 5.91 Å². The standard InChI is InChI=1S/C23H25F3N4O3S/c1-13-18-21(33-3)28-17(12-32-2)29-22(18)34-19(13)20(31)27-15-11-14(23(24,25)26)7-8-16(15)30-9-5-4-6-10-30/h7-8,11H,4-6,9-10,12H2,1-3H3,(H,27,31). The summed E-state index contributed by atoms with van der Waals surface area (Å²) < 4.78 is 50.8. The van der Waals surface area contributed by atoms with Crippen molar-refractivity contribution in [1.82, 2.24) is 9.97 Å². The van der Waals surface area contributed by atoms with Gasteiger partial charge in [0.2, 0.25) is 5.88 Å². The second-order valence-corrected chi connectivity index (χ2v) is 9.05. The molecule has 34 heavy (non-hydrogen) atoms. The van der Waals surface area contributed by atoms with E-state index in [1.807, 2.05) is 4.90 Å². The van der Waals surface area contributed by atoms with Crippen molar-refractivity contribution >= 4 is 38.8 Å². The lowest BCUT2D eigenvalue weighted by atomic mass is 10.1. The number of alkyl halides is 3. The van der Waals surface area contributed by atoms with Crippen LogP contribution in [0.25, 0.3) is 10.2 Å². The zero-order valence-corrected chi connectivity index (χ0v) is 19.9. The number of rotatable bonds is 6. The number of piperidine rings is 1. The largest absolute Gasteiger partial charge is 0.480 e. The lowest BCUT2D eigenvalue weighted by Gasteiger charge is -2.31. The van der Waals surface area contributed by atoms with E-state index in [1.165, 1.54) is 20.3 Å². The fourth-order valence-corrected chi connectivity index (χ4v) is 5.19. The van der Waals surface area contributed by atoms with Crippen LogP contribution < -0.4 is 15.0 Å². The third-order valence-electron chi connectivity index (χ3n) is 5.75. The van der Waals surface area contributed by atoms with Crippen LogP contribution in [0.4, 0.5) is 24.5 Å². The van der Waals surface area contributed by atoms with E-state index in [0.29, 0.717) is 38.0 Å². The first kappa shape index (κ1) is 24.2. The summed E-state index contributed by atoms with van der Waals surface area (Å²) in [5.74, 6) is 0.219. The number of nitrogens with one attached hydrogen (secondary N) is 1. The molecule has 1 saturated heterocycles. The van der Waals surface area contributed by atoms with E-state index in [4.69, 9.17) is 9.47 Å². The van der Waals surface area contributed by atoms with Crippen molar-refractivity contribution in [2.45, 2.75) is 39.0 Å². The lowest BCUT2D eigenvalue weighted by molar-refractivity contribution is -0.137. The molecule has 2 aromatic heterocycles. The number of aromatic nitrogens is 2. The topological polar surface area (TPSA) is 76.6 Å². The molecule has 0 radical (unpaired) electrons. The summed E-state index contributed by atoms with van der Waals surface area (Å²) in [6, 6.07) is 3.50. The molecular weight excluding hydrogens is 469 g/mol. The van der Waals surface area contributed by atoms with Crippen LogP contribution in [0.3, 0.4) is 0 Å². The first-order valence-corrected chi connectivity index (χ1v) is 11.6. The van der Waals surface area contributed by atoms with Crippen LogP contribution in [0, 0.1) is 6.92 Å². The third kappa shape index (κ3) is 4.80. The van der Waals surface area contributed by atoms with Gasteiger partial charge in [0.1, 0.15) is 11.4 Å². The second-order valence-electron chi connectivity index (χ2n) is 8.05. The smallest absolute Gasteiger partial charge is 0.416 e. The maximum absolute atomic E-state index is 13.4. The molecule has 0 saturated carbocycles. The molecule has 0 bridgehead atoms. The maximum atomic E-state index is 13.4.